The number of carbonyl (C=O) groups excluding carboxylic acids is 2. The SMILES string of the molecule is CC1CCN(C(=O)CN2CC3C(C2)C3CN(Cc2cccc(OC(F)(F)F)c2)C(=O)Oc2cn(C)cn2)CC1. The molecule has 1 saturated carbocycles. The Morgan fingerprint density at radius 2 is 1.87 bits per heavy atom. The number of rotatable bonds is 8. The standard InChI is InChI=1S/C27H34F3N5O4/c1-18-6-8-34(9-7-18)25(36)16-33-12-21-22(13-33)23(21)14-35(26(37)38-24-15-32(2)17-31-24)11-19-4-3-5-20(10-19)39-27(28,29)30/h3-5,10,15,17-18,21-23H,6-9,11-14,16H2,1-2H3. The Bertz CT molecular complexity index is 1170. The molecule has 5 rings (SSSR count). The van der Waals surface area contributed by atoms with Gasteiger partial charge in [-0.25, -0.2) is 9.78 Å². The molecule has 1 aromatic heterocycles. The summed E-state index contributed by atoms with van der Waals surface area (Å²) in [5.74, 6) is 1.62. The number of piperidine rings is 2. The summed E-state index contributed by atoms with van der Waals surface area (Å²) in [5.41, 5.74) is 0.489. The van der Waals surface area contributed by atoms with Gasteiger partial charge in [-0.1, -0.05) is 19.1 Å². The number of aromatic nitrogens is 2. The molecule has 9 nitrogen and oxygen atoms in total. The Kier molecular flexibility index (Phi) is 7.75. The average molecular weight is 550 g/mol. The first-order valence-electron chi connectivity index (χ1n) is 13.3. The van der Waals surface area contributed by atoms with Crippen molar-refractivity contribution in [2.45, 2.75) is 32.7 Å². The van der Waals surface area contributed by atoms with Gasteiger partial charge >= 0.3 is 12.5 Å². The number of hydrogen-bond donors (Lipinski definition) is 0. The van der Waals surface area contributed by atoms with Gasteiger partial charge in [0.05, 0.1) is 19.1 Å². The van der Waals surface area contributed by atoms with Gasteiger partial charge in [0, 0.05) is 46.3 Å². The van der Waals surface area contributed by atoms with Crippen LogP contribution in [0.1, 0.15) is 25.3 Å². The highest BCUT2D eigenvalue weighted by molar-refractivity contribution is 5.78. The van der Waals surface area contributed by atoms with Crippen LogP contribution in [0.4, 0.5) is 18.0 Å². The fourth-order valence-electron chi connectivity index (χ4n) is 5.80. The number of amides is 2. The second-order valence-electron chi connectivity index (χ2n) is 11.1. The summed E-state index contributed by atoms with van der Waals surface area (Å²) in [5, 5.41) is 0. The third-order valence-electron chi connectivity index (χ3n) is 8.01. The number of fused-ring (bicyclic) bond motifs is 1. The van der Waals surface area contributed by atoms with Gasteiger partial charge in [0.1, 0.15) is 5.75 Å². The molecule has 2 aliphatic heterocycles. The molecule has 212 valence electrons. The van der Waals surface area contributed by atoms with Crippen molar-refractivity contribution in [3.05, 3.63) is 42.4 Å². The molecule has 0 bridgehead atoms. The number of halogens is 3. The van der Waals surface area contributed by atoms with Gasteiger partial charge in [0.2, 0.25) is 11.8 Å². The molecular formula is C27H34F3N5O4. The van der Waals surface area contributed by atoms with E-state index < -0.39 is 12.5 Å². The van der Waals surface area contributed by atoms with Crippen LogP contribution in [-0.4, -0.2) is 81.9 Å². The monoisotopic (exact) mass is 549 g/mol. The van der Waals surface area contributed by atoms with Crippen molar-refractivity contribution in [1.29, 1.82) is 0 Å². The van der Waals surface area contributed by atoms with Crippen LogP contribution in [0.3, 0.4) is 0 Å². The van der Waals surface area contributed by atoms with Gasteiger partial charge in [-0.15, -0.1) is 13.2 Å². The van der Waals surface area contributed by atoms with Crippen LogP contribution in [0.2, 0.25) is 0 Å². The number of hydrogen-bond acceptors (Lipinski definition) is 6. The topological polar surface area (TPSA) is 80.1 Å². The van der Waals surface area contributed by atoms with Gasteiger partial charge in [0.15, 0.2) is 0 Å². The summed E-state index contributed by atoms with van der Waals surface area (Å²) in [6.07, 6.45) is -0.244. The summed E-state index contributed by atoms with van der Waals surface area (Å²) in [6, 6.07) is 5.60. The predicted octanol–water partition coefficient (Wildman–Crippen LogP) is 3.76. The maximum Gasteiger partial charge on any atom is 0.573 e. The van der Waals surface area contributed by atoms with Crippen molar-refractivity contribution in [2.75, 3.05) is 39.3 Å². The zero-order valence-electron chi connectivity index (χ0n) is 22.1. The van der Waals surface area contributed by atoms with E-state index in [9.17, 15) is 22.8 Å². The third kappa shape index (κ3) is 7.03. The smallest absolute Gasteiger partial charge is 0.406 e. The molecule has 12 heteroatoms. The fourth-order valence-corrected chi connectivity index (χ4v) is 5.80. The van der Waals surface area contributed by atoms with Crippen LogP contribution in [0.5, 0.6) is 11.6 Å². The van der Waals surface area contributed by atoms with Crippen molar-refractivity contribution in [3.8, 4) is 11.6 Å². The minimum atomic E-state index is -4.80. The molecule has 0 spiro atoms. The van der Waals surface area contributed by atoms with Crippen LogP contribution in [0.15, 0.2) is 36.8 Å². The lowest BCUT2D eigenvalue weighted by molar-refractivity contribution is -0.274. The summed E-state index contributed by atoms with van der Waals surface area (Å²) in [4.78, 5) is 35.6. The lowest BCUT2D eigenvalue weighted by Crippen LogP contribution is -2.44. The quantitative estimate of drug-likeness (QED) is 0.499. The van der Waals surface area contributed by atoms with Crippen LogP contribution in [-0.2, 0) is 18.4 Å². The molecule has 2 atom stereocenters. The lowest BCUT2D eigenvalue weighted by Gasteiger charge is -2.32. The first-order valence-corrected chi connectivity index (χ1v) is 13.3. The van der Waals surface area contributed by atoms with Gasteiger partial charge in [-0.3, -0.25) is 9.69 Å². The highest BCUT2D eigenvalue weighted by Crippen LogP contribution is 2.52. The van der Waals surface area contributed by atoms with Crippen LogP contribution in [0.25, 0.3) is 0 Å². The number of likely N-dealkylation sites (tertiary alicyclic amines) is 2. The van der Waals surface area contributed by atoms with E-state index >= 15 is 0 Å². The summed E-state index contributed by atoms with van der Waals surface area (Å²) in [7, 11) is 1.75. The van der Waals surface area contributed by atoms with E-state index in [4.69, 9.17) is 4.74 Å². The first kappa shape index (κ1) is 27.3. The molecular weight excluding hydrogens is 515 g/mol. The second-order valence-corrected chi connectivity index (χ2v) is 11.1. The second kappa shape index (κ2) is 11.1. The molecule has 2 aromatic rings. The third-order valence-corrected chi connectivity index (χ3v) is 8.01. The Labute approximate surface area is 225 Å². The van der Waals surface area contributed by atoms with Gasteiger partial charge < -0.3 is 23.8 Å². The molecule has 1 aromatic carbocycles. The van der Waals surface area contributed by atoms with Crippen molar-refractivity contribution in [1.82, 2.24) is 24.3 Å². The number of aryl methyl sites for hydroxylation is 1. The number of carbonyl (C=O) groups is 2. The van der Waals surface area contributed by atoms with Crippen molar-refractivity contribution >= 4 is 12.0 Å². The van der Waals surface area contributed by atoms with E-state index in [0.29, 0.717) is 36.4 Å². The van der Waals surface area contributed by atoms with Crippen molar-refractivity contribution in [3.63, 3.8) is 0 Å². The normalized spacial score (nSPS) is 23.4. The first-order chi connectivity index (χ1) is 18.5. The van der Waals surface area contributed by atoms with Crippen LogP contribution < -0.4 is 9.47 Å². The molecule has 39 heavy (non-hydrogen) atoms. The van der Waals surface area contributed by atoms with E-state index in [1.165, 1.54) is 29.4 Å². The Balaban J connectivity index is 1.19. The van der Waals surface area contributed by atoms with Gasteiger partial charge in [-0.2, -0.15) is 0 Å². The number of ether oxygens (including phenoxy) is 2. The minimum absolute atomic E-state index is 0.0618. The highest BCUT2D eigenvalue weighted by atomic mass is 19.4. The number of alkyl halides is 3. The zero-order chi connectivity index (χ0) is 27.7. The Morgan fingerprint density at radius 3 is 2.51 bits per heavy atom. The number of benzene rings is 1. The van der Waals surface area contributed by atoms with E-state index in [1.54, 1.807) is 23.9 Å². The maximum atomic E-state index is 13.1. The summed E-state index contributed by atoms with van der Waals surface area (Å²) < 4.78 is 49.3. The molecule has 3 heterocycles. The zero-order valence-corrected chi connectivity index (χ0v) is 22.1. The molecule has 1 aliphatic carbocycles. The molecule has 2 amide bonds. The average Bonchev–Trinajstić information content (AvgIpc) is 3.16. The summed E-state index contributed by atoms with van der Waals surface area (Å²) >= 11 is 0. The molecule has 2 saturated heterocycles. The van der Waals surface area contributed by atoms with Gasteiger partial charge in [-0.05, 0) is 54.2 Å². The number of nitrogens with zero attached hydrogens (tertiary/aromatic N) is 5. The predicted molar refractivity (Wildman–Crippen MR) is 135 cm³/mol. The molecule has 0 N–H and O–H groups in total. The van der Waals surface area contributed by atoms with Crippen LogP contribution in [0, 0.1) is 23.7 Å². The minimum Gasteiger partial charge on any atom is -0.406 e. The largest absolute Gasteiger partial charge is 0.573 e. The van der Waals surface area contributed by atoms with Crippen molar-refractivity contribution < 1.29 is 32.2 Å². The Morgan fingerprint density at radius 1 is 1.15 bits per heavy atom. The highest BCUT2D eigenvalue weighted by Gasteiger charge is 2.56. The van der Waals surface area contributed by atoms with E-state index in [1.807, 2.05) is 4.90 Å². The maximum absolute atomic E-state index is 13.1. The van der Waals surface area contributed by atoms with Crippen LogP contribution >= 0.6 is 0 Å². The van der Waals surface area contributed by atoms with Gasteiger partial charge in [0.25, 0.3) is 0 Å². The van der Waals surface area contributed by atoms with E-state index in [2.05, 4.69) is 21.5 Å². The molecule has 0 radical (unpaired) electrons. The van der Waals surface area contributed by atoms with E-state index in [0.717, 1.165) is 39.0 Å². The summed E-state index contributed by atoms with van der Waals surface area (Å²) in [6.45, 7) is 6.35. The number of imidazole rings is 1. The van der Waals surface area contributed by atoms with Crippen molar-refractivity contribution in [2.24, 2.45) is 30.7 Å². The fraction of sp³-hybridized carbons (Fsp3) is 0.593. The lowest BCUT2D eigenvalue weighted by atomic mass is 9.99. The molecule has 3 aliphatic rings. The molecule has 2 unspecified atom stereocenters. The molecule has 3 fully saturated rings. The van der Waals surface area contributed by atoms with E-state index in [-0.39, 0.29) is 30.0 Å². The Hall–Kier alpha value is -3.28.